The fourth-order valence-corrected chi connectivity index (χ4v) is 15.2. The largest absolute Gasteiger partial charge is 0.537 e. The zero-order valence-corrected chi connectivity index (χ0v) is 28.3. The first-order chi connectivity index (χ1) is 15.6. The van der Waals surface area contributed by atoms with Crippen LogP contribution < -0.4 is 8.85 Å². The van der Waals surface area contributed by atoms with Gasteiger partial charge in [-0.1, -0.05) is 64.2 Å². The van der Waals surface area contributed by atoms with Crippen LogP contribution in [0.5, 0.6) is 10.1 Å². The van der Waals surface area contributed by atoms with E-state index in [0.717, 1.165) is 10.1 Å². The third kappa shape index (κ3) is 4.27. The lowest BCUT2D eigenvalue weighted by molar-refractivity contribution is 0.503. The molecule has 0 spiro atoms. The third-order valence-electron chi connectivity index (χ3n) is 7.34. The van der Waals surface area contributed by atoms with Gasteiger partial charge in [-0.05, 0) is 57.9 Å². The minimum Gasteiger partial charge on any atom is -0.537 e. The zero-order valence-electron chi connectivity index (χ0n) is 21.4. The highest BCUT2D eigenvalue weighted by Crippen LogP contribution is 2.64. The first kappa shape index (κ1) is 25.7. The van der Waals surface area contributed by atoms with Crippen LogP contribution in [0.1, 0.15) is 41.5 Å². The molecule has 0 amide bonds. The van der Waals surface area contributed by atoms with Gasteiger partial charge in [-0.2, -0.15) is 0 Å². The van der Waals surface area contributed by atoms with E-state index in [1.165, 1.54) is 38.3 Å². The molecule has 0 saturated carbocycles. The van der Waals surface area contributed by atoms with Gasteiger partial charge in [0.1, 0.15) is 0 Å². The number of thiophene rings is 4. The van der Waals surface area contributed by atoms with E-state index in [1.807, 2.05) is 66.9 Å². The predicted octanol–water partition coefficient (Wildman–Crippen LogP) is 11.8. The molecule has 0 saturated heterocycles. The molecule has 0 fully saturated rings. The van der Waals surface area contributed by atoms with Gasteiger partial charge in [0.15, 0.2) is 10.1 Å². The standard InChI is InChI=1S/C24H32O2S6Si2/c1-23(2,3)33(7,8)25-15-11-13-17(29-15)21-19(27-13)20-22(32-31-21)18-14(28-20)12-16(30-18)26-34(9,10)24(4,5)6/h11-12H,1-10H3. The molecule has 0 N–H and O–H groups in total. The molecule has 2 nitrogen and oxygen atoms in total. The van der Waals surface area contributed by atoms with Gasteiger partial charge in [-0.25, -0.2) is 0 Å². The molecule has 0 atom stereocenters. The van der Waals surface area contributed by atoms with Crippen LogP contribution in [0.15, 0.2) is 21.9 Å². The second-order valence-corrected chi connectivity index (χ2v) is 27.7. The van der Waals surface area contributed by atoms with Crippen LogP contribution in [0.25, 0.3) is 28.6 Å². The van der Waals surface area contributed by atoms with Crippen molar-refractivity contribution >= 4 is 102 Å². The van der Waals surface area contributed by atoms with Gasteiger partial charge in [0, 0.05) is 12.1 Å². The van der Waals surface area contributed by atoms with E-state index in [-0.39, 0.29) is 10.1 Å². The van der Waals surface area contributed by atoms with Crippen molar-refractivity contribution in [3.05, 3.63) is 12.1 Å². The summed E-state index contributed by atoms with van der Waals surface area (Å²) >= 11 is 7.54. The van der Waals surface area contributed by atoms with E-state index in [2.05, 4.69) is 79.9 Å². The molecule has 4 aromatic rings. The SMILES string of the molecule is CC(C)(C)[Si](C)(C)Oc1cc2sc3c(c2s1)SSc1c-3sc2cc(O[Si](C)(C)C(C)(C)C)sc12. The Labute approximate surface area is 229 Å². The molecule has 0 bridgehead atoms. The van der Waals surface area contributed by atoms with E-state index >= 15 is 0 Å². The van der Waals surface area contributed by atoms with E-state index in [9.17, 15) is 0 Å². The second-order valence-electron chi connectivity index (χ2n) is 11.9. The van der Waals surface area contributed by atoms with Gasteiger partial charge in [-0.3, -0.25) is 0 Å². The van der Waals surface area contributed by atoms with Gasteiger partial charge in [0.2, 0.25) is 0 Å². The zero-order chi connectivity index (χ0) is 24.8. The number of rotatable bonds is 4. The lowest BCUT2D eigenvalue weighted by Gasteiger charge is -2.35. The van der Waals surface area contributed by atoms with Crippen LogP contribution in [0.4, 0.5) is 0 Å². The predicted molar refractivity (Wildman–Crippen MR) is 166 cm³/mol. The summed E-state index contributed by atoms with van der Waals surface area (Å²) in [5.41, 5.74) is 0. The molecule has 0 unspecified atom stereocenters. The molecule has 0 radical (unpaired) electrons. The van der Waals surface area contributed by atoms with E-state index in [0.29, 0.717) is 0 Å². The van der Waals surface area contributed by atoms with Crippen molar-refractivity contribution < 1.29 is 8.85 Å². The Morgan fingerprint density at radius 2 is 0.941 bits per heavy atom. The van der Waals surface area contributed by atoms with Crippen molar-refractivity contribution in [3.63, 3.8) is 0 Å². The van der Waals surface area contributed by atoms with Gasteiger partial charge >= 0.3 is 0 Å². The topological polar surface area (TPSA) is 18.5 Å². The van der Waals surface area contributed by atoms with E-state index in [4.69, 9.17) is 8.85 Å². The minimum absolute atomic E-state index is 0.208. The van der Waals surface area contributed by atoms with Crippen molar-refractivity contribution in [1.82, 2.24) is 0 Å². The van der Waals surface area contributed by atoms with Crippen LogP contribution in [-0.2, 0) is 0 Å². The number of hydrogen-bond donors (Lipinski definition) is 0. The molecule has 1 aliphatic rings. The fraction of sp³-hybridized carbons (Fsp3) is 0.500. The Bertz CT molecular complexity index is 1280. The average molecular weight is 601 g/mol. The fourth-order valence-electron chi connectivity index (χ4n) is 3.14. The Kier molecular flexibility index (Phi) is 6.25. The smallest absolute Gasteiger partial charge is 0.251 e. The van der Waals surface area contributed by atoms with Gasteiger partial charge in [0.05, 0.1) is 38.3 Å². The summed E-state index contributed by atoms with van der Waals surface area (Å²) in [5.74, 6) is 0. The molecule has 10 heteroatoms. The lowest BCUT2D eigenvalue weighted by Crippen LogP contribution is -2.43. The Morgan fingerprint density at radius 3 is 1.26 bits per heavy atom. The first-order valence-electron chi connectivity index (χ1n) is 11.4. The van der Waals surface area contributed by atoms with Crippen molar-refractivity contribution in [2.45, 2.75) is 87.6 Å². The molecule has 0 aliphatic carbocycles. The first-order valence-corrected chi connectivity index (χ1v) is 22.7. The summed E-state index contributed by atoms with van der Waals surface area (Å²) in [7, 11) is 0.199. The van der Waals surface area contributed by atoms with Crippen LogP contribution in [0.3, 0.4) is 0 Å². The normalized spacial score (nSPS) is 15.1. The van der Waals surface area contributed by atoms with Crippen LogP contribution >= 0.6 is 66.9 Å². The van der Waals surface area contributed by atoms with E-state index < -0.39 is 16.6 Å². The Hall–Kier alpha value is 0.0538. The van der Waals surface area contributed by atoms with E-state index in [1.54, 1.807) is 0 Å². The second kappa shape index (κ2) is 8.28. The number of hydrogen-bond acceptors (Lipinski definition) is 8. The molecule has 4 aromatic heterocycles. The van der Waals surface area contributed by atoms with Gasteiger partial charge in [-0.15, -0.1) is 22.7 Å². The molecule has 34 heavy (non-hydrogen) atoms. The van der Waals surface area contributed by atoms with Crippen LogP contribution in [0, 0.1) is 0 Å². The lowest BCUT2D eigenvalue weighted by atomic mass is 10.2. The summed E-state index contributed by atoms with van der Waals surface area (Å²) < 4.78 is 18.8. The van der Waals surface area contributed by atoms with Crippen molar-refractivity contribution in [2.24, 2.45) is 0 Å². The van der Waals surface area contributed by atoms with Gasteiger partial charge in [0.25, 0.3) is 16.6 Å². The summed E-state index contributed by atoms with van der Waals surface area (Å²) in [5, 5.41) is 2.59. The third-order valence-corrected chi connectivity index (χ3v) is 24.1. The molecule has 184 valence electrons. The average Bonchev–Trinajstić information content (AvgIpc) is 3.37. The van der Waals surface area contributed by atoms with Gasteiger partial charge < -0.3 is 8.85 Å². The maximum atomic E-state index is 6.62. The quantitative estimate of drug-likeness (QED) is 0.171. The molecular weight excluding hydrogens is 569 g/mol. The summed E-state index contributed by atoms with van der Waals surface area (Å²) in [4.78, 5) is 5.75. The van der Waals surface area contributed by atoms with Crippen molar-refractivity contribution in [1.29, 1.82) is 0 Å². The summed E-state index contributed by atoms with van der Waals surface area (Å²) in [6, 6.07) is 4.57. The highest BCUT2D eigenvalue weighted by atomic mass is 33.1. The van der Waals surface area contributed by atoms with Crippen molar-refractivity contribution in [2.75, 3.05) is 0 Å². The maximum absolute atomic E-state index is 6.62. The maximum Gasteiger partial charge on any atom is 0.251 e. The molecule has 5 heterocycles. The highest BCUT2D eigenvalue weighted by Gasteiger charge is 2.41. The van der Waals surface area contributed by atoms with Crippen LogP contribution in [0.2, 0.25) is 36.3 Å². The molecule has 0 aromatic carbocycles. The Morgan fingerprint density at radius 1 is 0.588 bits per heavy atom. The minimum atomic E-state index is -1.83. The molecule has 1 aliphatic heterocycles. The molecular formula is C24H32O2S6Si2. The Balaban J connectivity index is 1.47. The molecule has 5 rings (SSSR count). The summed E-state index contributed by atoms with van der Waals surface area (Å²) in [6.07, 6.45) is 0. The highest BCUT2D eigenvalue weighted by molar-refractivity contribution is 8.77. The summed E-state index contributed by atoms with van der Waals surface area (Å²) in [6.45, 7) is 23.1. The van der Waals surface area contributed by atoms with Crippen LogP contribution in [-0.4, -0.2) is 16.6 Å². The number of fused-ring (bicyclic) bond motifs is 7. The van der Waals surface area contributed by atoms with Crippen molar-refractivity contribution in [3.8, 4) is 19.9 Å². The monoisotopic (exact) mass is 600 g/mol.